The van der Waals surface area contributed by atoms with Crippen LogP contribution in [0.3, 0.4) is 0 Å². The Morgan fingerprint density at radius 2 is 1.81 bits per heavy atom. The Morgan fingerprint density at radius 1 is 1.12 bits per heavy atom. The molecule has 0 amide bonds. The van der Waals surface area contributed by atoms with Crippen molar-refractivity contribution in [3.05, 3.63) is 35.9 Å². The largest absolute Gasteiger partial charge is 0.382 e. The lowest BCUT2D eigenvalue weighted by atomic mass is 10.2. The minimum absolute atomic E-state index is 0. The van der Waals surface area contributed by atoms with Gasteiger partial charge in [0.05, 0.1) is 5.75 Å². The van der Waals surface area contributed by atoms with Crippen molar-refractivity contribution in [2.24, 2.45) is 4.99 Å². The average molecular weight is 498 g/mol. The summed E-state index contributed by atoms with van der Waals surface area (Å²) >= 11 is 0. The first-order valence-corrected chi connectivity index (χ1v) is 10.3. The molecule has 7 nitrogen and oxygen atoms in total. The second-order valence-corrected chi connectivity index (χ2v) is 7.38. The summed E-state index contributed by atoms with van der Waals surface area (Å²) in [5.74, 6) is 0.597. The maximum Gasteiger partial charge on any atom is 0.213 e. The van der Waals surface area contributed by atoms with Gasteiger partial charge in [-0.2, -0.15) is 0 Å². The van der Waals surface area contributed by atoms with E-state index in [1.807, 2.05) is 37.3 Å². The third-order valence-electron chi connectivity index (χ3n) is 3.44. The summed E-state index contributed by atoms with van der Waals surface area (Å²) in [6.45, 7) is 4.84. The van der Waals surface area contributed by atoms with E-state index in [9.17, 15) is 8.42 Å². The van der Waals surface area contributed by atoms with Gasteiger partial charge < -0.3 is 15.4 Å². The first-order valence-electron chi connectivity index (χ1n) is 8.61. The lowest BCUT2D eigenvalue weighted by Gasteiger charge is -2.12. The van der Waals surface area contributed by atoms with Crippen molar-refractivity contribution in [1.29, 1.82) is 0 Å². The highest BCUT2D eigenvalue weighted by atomic mass is 127. The molecule has 1 aromatic carbocycles. The number of hydrogen-bond donors (Lipinski definition) is 3. The van der Waals surface area contributed by atoms with Crippen molar-refractivity contribution in [2.75, 3.05) is 39.1 Å². The molecule has 0 aliphatic heterocycles. The molecule has 0 heterocycles. The van der Waals surface area contributed by atoms with Gasteiger partial charge in [0, 0.05) is 39.9 Å². The fourth-order valence-electron chi connectivity index (χ4n) is 2.07. The molecule has 0 aromatic heterocycles. The topological polar surface area (TPSA) is 91.8 Å². The maximum atomic E-state index is 12.0. The van der Waals surface area contributed by atoms with E-state index < -0.39 is 10.0 Å². The van der Waals surface area contributed by atoms with E-state index in [0.29, 0.717) is 19.0 Å². The van der Waals surface area contributed by atoms with Crippen LogP contribution in [0, 0.1) is 0 Å². The first kappa shape index (κ1) is 25.1. The molecule has 0 saturated carbocycles. The predicted molar refractivity (Wildman–Crippen MR) is 118 cm³/mol. The molecular formula is C17H31IN4O3S. The molecule has 0 radical (unpaired) electrons. The monoisotopic (exact) mass is 498 g/mol. The van der Waals surface area contributed by atoms with E-state index >= 15 is 0 Å². The standard InChI is InChI=1S/C17H30N4O3S.HI/c1-3-24-13-8-7-11-19-17(18-2)20-12-14-25(22,23)21-15-16-9-5-4-6-10-16;/h4-6,9-10,21H,3,7-8,11-15H2,1-2H3,(H2,18,19,20);1H. The molecule has 0 saturated heterocycles. The van der Waals surface area contributed by atoms with Gasteiger partial charge in [-0.15, -0.1) is 24.0 Å². The molecule has 0 bridgehead atoms. The number of unbranched alkanes of at least 4 members (excludes halogenated alkanes) is 1. The quantitative estimate of drug-likeness (QED) is 0.177. The molecule has 0 aliphatic rings. The van der Waals surface area contributed by atoms with E-state index in [4.69, 9.17) is 4.74 Å². The fourth-order valence-corrected chi connectivity index (χ4v) is 2.97. The minimum atomic E-state index is -3.33. The molecule has 26 heavy (non-hydrogen) atoms. The molecule has 1 rings (SSSR count). The Hall–Kier alpha value is -0.910. The fraction of sp³-hybridized carbons (Fsp3) is 0.588. The average Bonchev–Trinajstić information content (AvgIpc) is 2.62. The number of nitrogens with zero attached hydrogens (tertiary/aromatic N) is 1. The number of rotatable bonds is 12. The van der Waals surface area contributed by atoms with Crippen molar-refractivity contribution in [2.45, 2.75) is 26.3 Å². The molecule has 150 valence electrons. The Balaban J connectivity index is 0.00000625. The van der Waals surface area contributed by atoms with Gasteiger partial charge in [-0.05, 0) is 25.3 Å². The normalized spacial score (nSPS) is 11.7. The van der Waals surface area contributed by atoms with E-state index in [1.165, 1.54) is 0 Å². The van der Waals surface area contributed by atoms with E-state index in [2.05, 4.69) is 20.3 Å². The molecule has 0 fully saturated rings. The van der Waals surface area contributed by atoms with E-state index in [-0.39, 0.29) is 29.7 Å². The van der Waals surface area contributed by atoms with Crippen LogP contribution in [0.15, 0.2) is 35.3 Å². The molecule has 0 aliphatic carbocycles. The van der Waals surface area contributed by atoms with Crippen molar-refractivity contribution in [3.8, 4) is 0 Å². The van der Waals surface area contributed by atoms with E-state index in [1.54, 1.807) is 7.05 Å². The van der Waals surface area contributed by atoms with Crippen molar-refractivity contribution in [3.63, 3.8) is 0 Å². The zero-order valence-electron chi connectivity index (χ0n) is 15.5. The summed E-state index contributed by atoms with van der Waals surface area (Å²) in [5, 5.41) is 6.17. The summed E-state index contributed by atoms with van der Waals surface area (Å²) in [6.07, 6.45) is 1.95. The van der Waals surface area contributed by atoms with Crippen molar-refractivity contribution in [1.82, 2.24) is 15.4 Å². The van der Waals surface area contributed by atoms with Gasteiger partial charge in [-0.1, -0.05) is 30.3 Å². The molecule has 1 aromatic rings. The Kier molecular flexibility index (Phi) is 14.6. The summed E-state index contributed by atoms with van der Waals surface area (Å²) < 4.78 is 31.9. The molecule has 0 unspecified atom stereocenters. The highest BCUT2D eigenvalue weighted by Crippen LogP contribution is 1.98. The van der Waals surface area contributed by atoms with Crippen LogP contribution in [0.1, 0.15) is 25.3 Å². The Bertz CT molecular complexity index is 597. The molecule has 0 atom stereocenters. The SMILES string of the molecule is CCOCCCCNC(=NC)NCCS(=O)(=O)NCc1ccccc1.I. The number of halogens is 1. The molecular weight excluding hydrogens is 467 g/mol. The highest BCUT2D eigenvalue weighted by molar-refractivity contribution is 14.0. The summed E-state index contributed by atoms with van der Waals surface area (Å²) in [5.41, 5.74) is 0.934. The van der Waals surface area contributed by atoms with Crippen LogP contribution < -0.4 is 15.4 Å². The number of benzene rings is 1. The summed E-state index contributed by atoms with van der Waals surface area (Å²) in [7, 11) is -1.67. The molecule has 9 heteroatoms. The lowest BCUT2D eigenvalue weighted by molar-refractivity contribution is 0.143. The molecule has 0 spiro atoms. The second kappa shape index (κ2) is 15.2. The van der Waals surface area contributed by atoms with Crippen molar-refractivity contribution < 1.29 is 13.2 Å². The predicted octanol–water partition coefficient (Wildman–Crippen LogP) is 1.71. The van der Waals surface area contributed by atoms with Crippen LogP contribution in [0.5, 0.6) is 0 Å². The van der Waals surface area contributed by atoms with Gasteiger partial charge in [0.15, 0.2) is 5.96 Å². The summed E-state index contributed by atoms with van der Waals surface area (Å²) in [4.78, 5) is 4.08. The van der Waals surface area contributed by atoms with Gasteiger partial charge in [0.2, 0.25) is 10.0 Å². The maximum absolute atomic E-state index is 12.0. The number of ether oxygens (including phenoxy) is 1. The van der Waals surface area contributed by atoms with Crippen LogP contribution in [0.25, 0.3) is 0 Å². The zero-order valence-corrected chi connectivity index (χ0v) is 18.7. The first-order chi connectivity index (χ1) is 12.1. The van der Waals surface area contributed by atoms with Gasteiger partial charge in [-0.25, -0.2) is 13.1 Å². The number of aliphatic imine (C=N–C) groups is 1. The zero-order chi connectivity index (χ0) is 18.4. The second-order valence-electron chi connectivity index (χ2n) is 5.46. The van der Waals surface area contributed by atoms with Gasteiger partial charge in [0.1, 0.15) is 0 Å². The lowest BCUT2D eigenvalue weighted by Crippen LogP contribution is -2.41. The molecule has 3 N–H and O–H groups in total. The van der Waals surface area contributed by atoms with Crippen LogP contribution in [-0.4, -0.2) is 53.5 Å². The number of sulfonamides is 1. The number of guanidine groups is 1. The third kappa shape index (κ3) is 12.4. The van der Waals surface area contributed by atoms with Crippen molar-refractivity contribution >= 4 is 40.0 Å². The third-order valence-corrected chi connectivity index (χ3v) is 4.76. The summed E-state index contributed by atoms with van der Waals surface area (Å²) in [6, 6.07) is 9.44. The van der Waals surface area contributed by atoms with Gasteiger partial charge >= 0.3 is 0 Å². The van der Waals surface area contributed by atoms with E-state index in [0.717, 1.165) is 38.2 Å². The van der Waals surface area contributed by atoms with Crippen LogP contribution in [0.2, 0.25) is 0 Å². The van der Waals surface area contributed by atoms with Crippen LogP contribution in [0.4, 0.5) is 0 Å². The minimum Gasteiger partial charge on any atom is -0.382 e. The smallest absolute Gasteiger partial charge is 0.213 e. The van der Waals surface area contributed by atoms with Crippen LogP contribution >= 0.6 is 24.0 Å². The number of nitrogens with one attached hydrogen (secondary N) is 3. The number of hydrogen-bond acceptors (Lipinski definition) is 4. The Labute approximate surface area is 174 Å². The van der Waals surface area contributed by atoms with Crippen LogP contribution in [-0.2, 0) is 21.3 Å². The van der Waals surface area contributed by atoms with Gasteiger partial charge in [0.25, 0.3) is 0 Å². The Morgan fingerprint density at radius 3 is 2.46 bits per heavy atom. The highest BCUT2D eigenvalue weighted by Gasteiger charge is 2.10. The van der Waals surface area contributed by atoms with Gasteiger partial charge in [-0.3, -0.25) is 4.99 Å².